The van der Waals surface area contributed by atoms with Gasteiger partial charge in [-0.15, -0.1) is 0 Å². The summed E-state index contributed by atoms with van der Waals surface area (Å²) in [5.74, 6) is -0.357. The number of esters is 1. The molecule has 1 aromatic carbocycles. The molecule has 0 spiro atoms. The van der Waals surface area contributed by atoms with E-state index in [-0.39, 0.29) is 18.6 Å². The maximum absolute atomic E-state index is 12.6. The van der Waals surface area contributed by atoms with E-state index in [1.54, 1.807) is 65.8 Å². The number of benzene rings is 1. The van der Waals surface area contributed by atoms with Crippen molar-refractivity contribution in [2.45, 2.75) is 71.6 Å². The lowest BCUT2D eigenvalue weighted by Gasteiger charge is -2.26. The van der Waals surface area contributed by atoms with E-state index in [0.29, 0.717) is 11.3 Å². The van der Waals surface area contributed by atoms with E-state index in [1.165, 1.54) is 7.11 Å². The highest BCUT2D eigenvalue weighted by Gasteiger charge is 2.29. The normalized spacial score (nSPS) is 12.7. The lowest BCUT2D eigenvalue weighted by Crippen LogP contribution is -2.46. The number of amides is 1. The number of ketones is 1. The van der Waals surface area contributed by atoms with Gasteiger partial charge in [0.1, 0.15) is 23.0 Å². The van der Waals surface area contributed by atoms with Gasteiger partial charge in [0.2, 0.25) is 0 Å². The summed E-state index contributed by atoms with van der Waals surface area (Å²) in [5, 5.41) is 2.51. The molecule has 0 aromatic heterocycles. The van der Waals surface area contributed by atoms with E-state index in [0.717, 1.165) is 0 Å². The van der Waals surface area contributed by atoms with Crippen LogP contribution in [0.3, 0.4) is 0 Å². The molecule has 1 atom stereocenters. The molecule has 28 heavy (non-hydrogen) atoms. The molecule has 1 N–H and O–H groups in total. The Morgan fingerprint density at radius 1 is 0.964 bits per heavy atom. The van der Waals surface area contributed by atoms with Crippen LogP contribution in [0, 0.1) is 0 Å². The van der Waals surface area contributed by atoms with Crippen molar-refractivity contribution in [2.75, 3.05) is 7.11 Å². The molecule has 1 rings (SSSR count). The first kappa shape index (κ1) is 23.5. The maximum atomic E-state index is 12.6. The van der Waals surface area contributed by atoms with Gasteiger partial charge in [-0.25, -0.2) is 9.59 Å². The summed E-state index contributed by atoms with van der Waals surface area (Å²) >= 11 is 0. The van der Waals surface area contributed by atoms with Gasteiger partial charge < -0.3 is 19.5 Å². The van der Waals surface area contributed by atoms with Crippen LogP contribution in [0.25, 0.3) is 0 Å². The minimum Gasteiger partial charge on any atom is -0.496 e. The SMILES string of the molecule is COc1ccccc1C(=O)CC[C@H](NC(=O)OC(C)(C)C)C(=O)OC(C)(C)C. The summed E-state index contributed by atoms with van der Waals surface area (Å²) in [6.07, 6.45) is -0.640. The van der Waals surface area contributed by atoms with Crippen LogP contribution in [0.2, 0.25) is 0 Å². The number of carbonyl (C=O) groups is 3. The van der Waals surface area contributed by atoms with E-state index >= 15 is 0 Å². The minimum absolute atomic E-state index is 0.0279. The van der Waals surface area contributed by atoms with Crippen molar-refractivity contribution in [3.8, 4) is 5.75 Å². The summed E-state index contributed by atoms with van der Waals surface area (Å²) in [6.45, 7) is 10.4. The molecule has 1 aromatic rings. The van der Waals surface area contributed by atoms with Crippen LogP contribution in [-0.2, 0) is 14.3 Å². The van der Waals surface area contributed by atoms with E-state index in [4.69, 9.17) is 14.2 Å². The first-order chi connectivity index (χ1) is 12.8. The molecule has 0 heterocycles. The van der Waals surface area contributed by atoms with Gasteiger partial charge in [-0.1, -0.05) is 12.1 Å². The van der Waals surface area contributed by atoms with Crippen LogP contribution < -0.4 is 10.1 Å². The molecule has 0 bridgehead atoms. The molecule has 0 aliphatic heterocycles. The Balaban J connectivity index is 2.88. The van der Waals surface area contributed by atoms with Crippen molar-refractivity contribution in [1.82, 2.24) is 5.32 Å². The second-order valence-electron chi connectivity index (χ2n) is 8.39. The van der Waals surface area contributed by atoms with Gasteiger partial charge in [-0.3, -0.25) is 4.79 Å². The molecule has 7 heteroatoms. The first-order valence-corrected chi connectivity index (χ1v) is 9.21. The number of hydrogen-bond acceptors (Lipinski definition) is 6. The summed E-state index contributed by atoms with van der Waals surface area (Å²) < 4.78 is 15.8. The van der Waals surface area contributed by atoms with Crippen molar-refractivity contribution in [1.29, 1.82) is 0 Å². The average Bonchev–Trinajstić information content (AvgIpc) is 2.54. The summed E-state index contributed by atoms with van der Waals surface area (Å²) in [6, 6.07) is 5.85. The van der Waals surface area contributed by atoms with Crippen LogP contribution in [0.15, 0.2) is 24.3 Å². The van der Waals surface area contributed by atoms with E-state index in [9.17, 15) is 14.4 Å². The number of Topliss-reactive ketones (excluding diaryl/α,β-unsaturated/α-hetero) is 1. The zero-order valence-corrected chi connectivity index (χ0v) is 17.8. The average molecular weight is 393 g/mol. The quantitative estimate of drug-likeness (QED) is 0.558. The Bertz CT molecular complexity index is 700. The molecule has 7 nitrogen and oxygen atoms in total. The van der Waals surface area contributed by atoms with Crippen molar-refractivity contribution < 1.29 is 28.6 Å². The van der Waals surface area contributed by atoms with Crippen molar-refractivity contribution >= 4 is 17.8 Å². The zero-order valence-electron chi connectivity index (χ0n) is 17.8. The predicted octanol–water partition coefficient (Wildman–Crippen LogP) is 3.89. The fraction of sp³-hybridized carbons (Fsp3) is 0.571. The van der Waals surface area contributed by atoms with Crippen molar-refractivity contribution in [3.63, 3.8) is 0 Å². The summed E-state index contributed by atoms with van der Waals surface area (Å²) in [4.78, 5) is 37.2. The van der Waals surface area contributed by atoms with Crippen LogP contribution in [-0.4, -0.2) is 42.2 Å². The van der Waals surface area contributed by atoms with E-state index < -0.39 is 29.3 Å². The first-order valence-electron chi connectivity index (χ1n) is 9.21. The van der Waals surface area contributed by atoms with Gasteiger partial charge in [0.15, 0.2) is 5.78 Å². The molecule has 0 radical (unpaired) electrons. The summed E-state index contributed by atoms with van der Waals surface area (Å²) in [5.41, 5.74) is -1.02. The van der Waals surface area contributed by atoms with Crippen LogP contribution in [0.1, 0.15) is 64.7 Å². The molecular weight excluding hydrogens is 362 g/mol. The fourth-order valence-electron chi connectivity index (χ4n) is 2.36. The largest absolute Gasteiger partial charge is 0.496 e. The lowest BCUT2D eigenvalue weighted by atomic mass is 10.0. The smallest absolute Gasteiger partial charge is 0.408 e. The van der Waals surface area contributed by atoms with Gasteiger partial charge in [0.25, 0.3) is 0 Å². The third-order valence-electron chi connectivity index (χ3n) is 3.45. The number of carbonyl (C=O) groups excluding carboxylic acids is 3. The molecule has 0 saturated carbocycles. The second-order valence-corrected chi connectivity index (χ2v) is 8.39. The molecule has 0 fully saturated rings. The standard InChI is InChI=1S/C21H31NO6/c1-20(2,3)27-18(24)15(22-19(25)28-21(4,5)6)12-13-16(23)14-10-8-9-11-17(14)26-7/h8-11,15H,12-13H2,1-7H3,(H,22,25)/t15-/m0/s1. The molecule has 156 valence electrons. The highest BCUT2D eigenvalue weighted by molar-refractivity contribution is 5.99. The van der Waals surface area contributed by atoms with Gasteiger partial charge in [-0.05, 0) is 60.1 Å². The Morgan fingerprint density at radius 3 is 2.07 bits per heavy atom. The number of alkyl carbamates (subject to hydrolysis) is 1. The minimum atomic E-state index is -1.01. The number of nitrogens with one attached hydrogen (secondary N) is 1. The fourth-order valence-corrected chi connectivity index (χ4v) is 2.36. The van der Waals surface area contributed by atoms with Gasteiger partial charge >= 0.3 is 12.1 Å². The number of hydrogen-bond donors (Lipinski definition) is 1. The second kappa shape index (κ2) is 9.57. The molecule has 0 aliphatic carbocycles. The topological polar surface area (TPSA) is 90.9 Å². The number of para-hydroxylation sites is 1. The van der Waals surface area contributed by atoms with Crippen LogP contribution in [0.4, 0.5) is 4.79 Å². The van der Waals surface area contributed by atoms with E-state index in [2.05, 4.69) is 5.32 Å². The Labute approximate surface area is 166 Å². The van der Waals surface area contributed by atoms with Crippen molar-refractivity contribution in [2.24, 2.45) is 0 Å². The molecular formula is C21H31NO6. The lowest BCUT2D eigenvalue weighted by molar-refractivity contribution is -0.157. The highest BCUT2D eigenvalue weighted by atomic mass is 16.6. The zero-order chi connectivity index (χ0) is 21.5. The Kier molecular flexibility index (Phi) is 8.02. The molecule has 0 aliphatic rings. The van der Waals surface area contributed by atoms with Crippen LogP contribution in [0.5, 0.6) is 5.75 Å². The molecule has 0 saturated heterocycles. The van der Waals surface area contributed by atoms with E-state index in [1.807, 2.05) is 0 Å². The number of ether oxygens (including phenoxy) is 3. The Morgan fingerprint density at radius 2 is 1.54 bits per heavy atom. The predicted molar refractivity (Wildman–Crippen MR) is 106 cm³/mol. The van der Waals surface area contributed by atoms with Gasteiger partial charge in [0, 0.05) is 6.42 Å². The summed E-state index contributed by atoms with van der Waals surface area (Å²) in [7, 11) is 1.49. The number of rotatable bonds is 7. The van der Waals surface area contributed by atoms with Gasteiger partial charge in [0.05, 0.1) is 12.7 Å². The highest BCUT2D eigenvalue weighted by Crippen LogP contribution is 2.20. The Hall–Kier alpha value is -2.57. The van der Waals surface area contributed by atoms with Crippen LogP contribution >= 0.6 is 0 Å². The third kappa shape index (κ3) is 8.41. The van der Waals surface area contributed by atoms with Gasteiger partial charge in [-0.2, -0.15) is 0 Å². The monoisotopic (exact) mass is 393 g/mol. The number of methoxy groups -OCH3 is 1. The molecule has 0 unspecified atom stereocenters. The van der Waals surface area contributed by atoms with Crippen molar-refractivity contribution in [3.05, 3.63) is 29.8 Å². The maximum Gasteiger partial charge on any atom is 0.408 e. The molecule has 1 amide bonds. The third-order valence-corrected chi connectivity index (χ3v) is 3.45.